The van der Waals surface area contributed by atoms with Crippen molar-refractivity contribution in [2.75, 3.05) is 31.5 Å². The second-order valence-corrected chi connectivity index (χ2v) is 9.51. The third-order valence-corrected chi connectivity index (χ3v) is 6.49. The van der Waals surface area contributed by atoms with Crippen molar-refractivity contribution < 1.29 is 18.0 Å². The number of nitrogens with one attached hydrogen (secondary N) is 1. The zero-order valence-electron chi connectivity index (χ0n) is 17.1. The number of hydrogen-bond donors (Lipinski definition) is 1. The highest BCUT2D eigenvalue weighted by Crippen LogP contribution is 2.35. The van der Waals surface area contributed by atoms with Gasteiger partial charge >= 0.3 is 6.18 Å². The number of hydrogen-bond acceptors (Lipinski definition) is 3. The molecular weight excluding hydrogens is 518 g/mol. The summed E-state index contributed by atoms with van der Waals surface area (Å²) in [6.45, 7) is 3.66. The molecule has 1 aliphatic carbocycles. The summed E-state index contributed by atoms with van der Waals surface area (Å²) in [6.07, 6.45) is -1.86. The Hall–Kier alpha value is -1.65. The van der Waals surface area contributed by atoms with Crippen molar-refractivity contribution in [2.45, 2.75) is 38.0 Å². The van der Waals surface area contributed by atoms with Gasteiger partial charge in [-0.1, -0.05) is 18.2 Å². The summed E-state index contributed by atoms with van der Waals surface area (Å²) in [6, 6.07) is 12.3. The van der Waals surface area contributed by atoms with E-state index in [1.54, 1.807) is 6.07 Å². The Balaban J connectivity index is 1.42. The molecule has 0 atom stereocenters. The second-order valence-electron chi connectivity index (χ2n) is 8.27. The predicted molar refractivity (Wildman–Crippen MR) is 123 cm³/mol. The average molecular weight is 543 g/mol. The van der Waals surface area contributed by atoms with E-state index in [0.29, 0.717) is 6.04 Å². The summed E-state index contributed by atoms with van der Waals surface area (Å²) < 4.78 is 42.2. The molecule has 8 heteroatoms. The van der Waals surface area contributed by atoms with Gasteiger partial charge in [0.1, 0.15) is 0 Å². The van der Waals surface area contributed by atoms with Crippen LogP contribution in [0.25, 0.3) is 0 Å². The van der Waals surface area contributed by atoms with Gasteiger partial charge < -0.3 is 5.32 Å². The largest absolute Gasteiger partial charge is 0.416 e. The van der Waals surface area contributed by atoms with Crippen molar-refractivity contribution in [3.05, 3.63) is 62.7 Å². The average Bonchev–Trinajstić information content (AvgIpc) is 3.54. The molecule has 1 saturated carbocycles. The maximum atomic E-state index is 13.7. The Kier molecular flexibility index (Phi) is 6.88. The lowest BCUT2D eigenvalue weighted by molar-refractivity contribution is -0.138. The Labute approximate surface area is 193 Å². The van der Waals surface area contributed by atoms with Crippen molar-refractivity contribution in [2.24, 2.45) is 0 Å². The summed E-state index contributed by atoms with van der Waals surface area (Å²) in [5, 5.41) is 2.62. The van der Waals surface area contributed by atoms with Gasteiger partial charge in [0.25, 0.3) is 0 Å². The smallest absolute Gasteiger partial charge is 0.326 e. The van der Waals surface area contributed by atoms with E-state index in [0.717, 1.165) is 41.4 Å². The van der Waals surface area contributed by atoms with E-state index in [4.69, 9.17) is 0 Å². The van der Waals surface area contributed by atoms with Crippen LogP contribution in [0, 0.1) is 3.57 Å². The van der Waals surface area contributed by atoms with Gasteiger partial charge in [0.05, 0.1) is 12.0 Å². The first-order chi connectivity index (χ1) is 14.8. The zero-order chi connectivity index (χ0) is 22.0. The molecule has 1 saturated heterocycles. The number of anilines is 1. The molecule has 0 bridgehead atoms. The van der Waals surface area contributed by atoms with Crippen LogP contribution < -0.4 is 5.32 Å². The lowest BCUT2D eigenvalue weighted by Gasteiger charge is -2.35. The van der Waals surface area contributed by atoms with Gasteiger partial charge in [-0.2, -0.15) is 13.2 Å². The fraction of sp³-hybridized carbons (Fsp3) is 0.435. The molecule has 31 heavy (non-hydrogen) atoms. The van der Waals surface area contributed by atoms with E-state index in [2.05, 4.69) is 37.7 Å². The first-order valence-corrected chi connectivity index (χ1v) is 11.6. The molecule has 1 amide bonds. The highest BCUT2D eigenvalue weighted by Gasteiger charge is 2.35. The standard InChI is InChI=1S/C23H25F3IN3O/c24-23(25,26)21-14-19(28-22(31)13-16-2-1-3-18(27)12-16)5-4-17(21)15-29-8-10-30(11-9-29)20-6-7-20/h1-5,12,14,20H,6-11,13,15H2,(H,28,31). The van der Waals surface area contributed by atoms with E-state index in [1.165, 1.54) is 18.9 Å². The van der Waals surface area contributed by atoms with E-state index in [9.17, 15) is 18.0 Å². The summed E-state index contributed by atoms with van der Waals surface area (Å²) in [5.41, 5.74) is 0.569. The molecule has 2 aromatic carbocycles. The molecule has 0 spiro atoms. The summed E-state index contributed by atoms with van der Waals surface area (Å²) in [4.78, 5) is 16.9. The highest BCUT2D eigenvalue weighted by atomic mass is 127. The third kappa shape index (κ3) is 6.20. The number of amides is 1. The van der Waals surface area contributed by atoms with E-state index in [1.807, 2.05) is 24.3 Å². The molecule has 2 aliphatic rings. The van der Waals surface area contributed by atoms with E-state index >= 15 is 0 Å². The zero-order valence-corrected chi connectivity index (χ0v) is 19.2. The van der Waals surface area contributed by atoms with Crippen LogP contribution in [0.3, 0.4) is 0 Å². The number of halogens is 4. The van der Waals surface area contributed by atoms with Gasteiger partial charge in [0, 0.05) is 48.0 Å². The van der Waals surface area contributed by atoms with E-state index in [-0.39, 0.29) is 30.1 Å². The number of rotatable bonds is 6. The van der Waals surface area contributed by atoms with Crippen LogP contribution >= 0.6 is 22.6 Å². The molecule has 2 fully saturated rings. The molecule has 0 radical (unpaired) electrons. The molecule has 1 heterocycles. The number of carbonyl (C=O) groups excluding carboxylic acids is 1. The van der Waals surface area contributed by atoms with Crippen molar-refractivity contribution >= 4 is 34.2 Å². The summed E-state index contributed by atoms with van der Waals surface area (Å²) >= 11 is 2.16. The van der Waals surface area contributed by atoms with Crippen LogP contribution in [-0.4, -0.2) is 47.9 Å². The molecular formula is C23H25F3IN3O. The van der Waals surface area contributed by atoms with Crippen LogP contribution in [0.5, 0.6) is 0 Å². The van der Waals surface area contributed by atoms with Gasteiger partial charge in [0.15, 0.2) is 0 Å². The molecule has 2 aromatic rings. The van der Waals surface area contributed by atoms with Gasteiger partial charge in [-0.15, -0.1) is 0 Å². The lowest BCUT2D eigenvalue weighted by atomic mass is 10.0. The number of alkyl halides is 3. The molecule has 4 nitrogen and oxygen atoms in total. The van der Waals surface area contributed by atoms with Crippen LogP contribution in [-0.2, 0) is 23.9 Å². The van der Waals surface area contributed by atoms with E-state index < -0.39 is 11.7 Å². The molecule has 1 aliphatic heterocycles. The van der Waals surface area contributed by atoms with Crippen molar-refractivity contribution in [3.8, 4) is 0 Å². The van der Waals surface area contributed by atoms with Crippen LogP contribution in [0.4, 0.5) is 18.9 Å². The topological polar surface area (TPSA) is 35.6 Å². The first kappa shape index (κ1) is 22.5. The van der Waals surface area contributed by atoms with Gasteiger partial charge in [-0.3, -0.25) is 14.6 Å². The Morgan fingerprint density at radius 3 is 2.45 bits per heavy atom. The van der Waals surface area contributed by atoms with Crippen molar-refractivity contribution in [3.63, 3.8) is 0 Å². The third-order valence-electron chi connectivity index (χ3n) is 5.82. The molecule has 166 valence electrons. The Morgan fingerprint density at radius 2 is 1.81 bits per heavy atom. The van der Waals surface area contributed by atoms with Gasteiger partial charge in [-0.25, -0.2) is 0 Å². The quantitative estimate of drug-likeness (QED) is 0.534. The maximum Gasteiger partial charge on any atom is 0.416 e. The molecule has 0 unspecified atom stereocenters. The van der Waals surface area contributed by atoms with Crippen molar-refractivity contribution in [1.29, 1.82) is 0 Å². The van der Waals surface area contributed by atoms with Gasteiger partial charge in [0.2, 0.25) is 5.91 Å². The first-order valence-electron chi connectivity index (χ1n) is 10.5. The molecule has 4 rings (SSSR count). The second kappa shape index (κ2) is 9.46. The normalized spacial score (nSPS) is 18.2. The number of benzene rings is 2. The number of nitrogens with zero attached hydrogens (tertiary/aromatic N) is 2. The monoisotopic (exact) mass is 543 g/mol. The molecule has 1 N–H and O–H groups in total. The fourth-order valence-corrected chi connectivity index (χ4v) is 4.67. The number of piperazine rings is 1. The van der Waals surface area contributed by atoms with Crippen molar-refractivity contribution in [1.82, 2.24) is 9.80 Å². The number of carbonyl (C=O) groups is 1. The maximum absolute atomic E-state index is 13.7. The Bertz CT molecular complexity index is 938. The predicted octanol–water partition coefficient (Wildman–Crippen LogP) is 4.77. The highest BCUT2D eigenvalue weighted by molar-refractivity contribution is 14.1. The minimum atomic E-state index is -4.47. The van der Waals surface area contributed by atoms with Crippen LogP contribution in [0.1, 0.15) is 29.5 Å². The van der Waals surface area contributed by atoms with Crippen LogP contribution in [0.15, 0.2) is 42.5 Å². The van der Waals surface area contributed by atoms with Crippen LogP contribution in [0.2, 0.25) is 0 Å². The Morgan fingerprint density at radius 1 is 1.06 bits per heavy atom. The SMILES string of the molecule is O=C(Cc1cccc(I)c1)Nc1ccc(CN2CCN(C3CC3)CC2)c(C(F)(F)F)c1. The fourth-order valence-electron chi connectivity index (χ4n) is 4.06. The minimum Gasteiger partial charge on any atom is -0.326 e. The molecule has 0 aromatic heterocycles. The summed E-state index contributed by atoms with van der Waals surface area (Å²) in [7, 11) is 0. The summed E-state index contributed by atoms with van der Waals surface area (Å²) in [5.74, 6) is -0.334. The van der Waals surface area contributed by atoms with Gasteiger partial charge in [-0.05, 0) is 70.8 Å². The lowest BCUT2D eigenvalue weighted by Crippen LogP contribution is -2.46. The minimum absolute atomic E-state index is 0.116.